The third-order valence-electron chi connectivity index (χ3n) is 5.17. The van der Waals surface area contributed by atoms with Gasteiger partial charge in [0.1, 0.15) is 5.69 Å². The molecule has 1 fully saturated rings. The molecule has 154 valence electrons. The van der Waals surface area contributed by atoms with E-state index in [9.17, 15) is 4.79 Å². The number of nitrogens with zero attached hydrogens (tertiary/aromatic N) is 5. The summed E-state index contributed by atoms with van der Waals surface area (Å²) in [6.07, 6.45) is 5.44. The van der Waals surface area contributed by atoms with Crippen LogP contribution in [-0.2, 0) is 6.54 Å². The first-order valence-corrected chi connectivity index (χ1v) is 10.3. The molecule has 0 aromatic carbocycles. The summed E-state index contributed by atoms with van der Waals surface area (Å²) in [5.41, 5.74) is 1.72. The van der Waals surface area contributed by atoms with Gasteiger partial charge in [-0.1, -0.05) is 0 Å². The first kappa shape index (κ1) is 18.7. The Hall–Kier alpha value is -3.27. The van der Waals surface area contributed by atoms with Crippen molar-refractivity contribution < 1.29 is 9.21 Å². The Balaban J connectivity index is 1.51. The molecule has 30 heavy (non-hydrogen) atoms. The number of furan rings is 1. The van der Waals surface area contributed by atoms with Gasteiger partial charge in [0, 0.05) is 12.1 Å². The molecule has 1 saturated carbocycles. The SMILES string of the molecule is CC(C)n1ncc2c(C(=O)NCc3n[nH]c(=S)n3C3CC3)cc(-c3ccco3)nc21. The van der Waals surface area contributed by atoms with Crippen LogP contribution in [0.2, 0.25) is 0 Å². The van der Waals surface area contributed by atoms with E-state index in [1.807, 2.05) is 24.5 Å². The summed E-state index contributed by atoms with van der Waals surface area (Å²) in [7, 11) is 0. The Morgan fingerprint density at radius 3 is 2.97 bits per heavy atom. The van der Waals surface area contributed by atoms with Crippen LogP contribution in [0.1, 0.15) is 55.0 Å². The van der Waals surface area contributed by atoms with E-state index in [1.165, 1.54) is 0 Å². The summed E-state index contributed by atoms with van der Waals surface area (Å²) in [6.45, 7) is 4.32. The van der Waals surface area contributed by atoms with Crippen LogP contribution < -0.4 is 5.32 Å². The van der Waals surface area contributed by atoms with Gasteiger partial charge in [-0.05, 0) is 57.1 Å². The number of aromatic nitrogens is 6. The van der Waals surface area contributed by atoms with Crippen LogP contribution in [0, 0.1) is 4.77 Å². The highest BCUT2D eigenvalue weighted by Crippen LogP contribution is 2.35. The minimum atomic E-state index is -0.227. The van der Waals surface area contributed by atoms with Crippen molar-refractivity contribution in [1.29, 1.82) is 0 Å². The number of carbonyl (C=O) groups excluding carboxylic acids is 1. The molecule has 0 spiro atoms. The fourth-order valence-electron chi connectivity index (χ4n) is 3.56. The number of H-pyrrole nitrogens is 1. The fourth-order valence-corrected chi connectivity index (χ4v) is 3.86. The average Bonchev–Trinajstić information content (AvgIpc) is 3.13. The molecule has 0 saturated heterocycles. The van der Waals surface area contributed by atoms with Crippen molar-refractivity contribution in [3.8, 4) is 11.5 Å². The lowest BCUT2D eigenvalue weighted by atomic mass is 10.1. The molecule has 10 heteroatoms. The van der Waals surface area contributed by atoms with Crippen molar-refractivity contribution in [1.82, 2.24) is 34.8 Å². The normalized spacial score (nSPS) is 14.0. The van der Waals surface area contributed by atoms with Gasteiger partial charge in [0.25, 0.3) is 5.91 Å². The third kappa shape index (κ3) is 3.22. The van der Waals surface area contributed by atoms with Gasteiger partial charge < -0.3 is 9.73 Å². The molecule has 1 aliphatic rings. The maximum atomic E-state index is 13.2. The first-order valence-electron chi connectivity index (χ1n) is 9.89. The summed E-state index contributed by atoms with van der Waals surface area (Å²) < 4.78 is 9.89. The highest BCUT2D eigenvalue weighted by molar-refractivity contribution is 7.71. The lowest BCUT2D eigenvalue weighted by Gasteiger charge is -2.10. The van der Waals surface area contributed by atoms with Crippen LogP contribution in [0.25, 0.3) is 22.5 Å². The summed E-state index contributed by atoms with van der Waals surface area (Å²) in [4.78, 5) is 17.9. The topological polar surface area (TPSA) is 107 Å². The van der Waals surface area contributed by atoms with Crippen molar-refractivity contribution >= 4 is 29.2 Å². The minimum absolute atomic E-state index is 0.102. The first-order chi connectivity index (χ1) is 14.5. The molecular formula is C20H21N7O2S. The van der Waals surface area contributed by atoms with E-state index in [0.717, 1.165) is 18.7 Å². The van der Waals surface area contributed by atoms with Crippen molar-refractivity contribution in [3.05, 3.63) is 46.8 Å². The predicted octanol–water partition coefficient (Wildman–Crippen LogP) is 3.79. The number of carbonyl (C=O) groups is 1. The molecule has 0 unspecified atom stereocenters. The van der Waals surface area contributed by atoms with Crippen molar-refractivity contribution in [2.45, 2.75) is 45.3 Å². The summed E-state index contributed by atoms with van der Waals surface area (Å²) in [5, 5.41) is 15.2. The zero-order valence-electron chi connectivity index (χ0n) is 16.6. The number of nitrogens with one attached hydrogen (secondary N) is 2. The minimum Gasteiger partial charge on any atom is -0.463 e. The smallest absolute Gasteiger partial charge is 0.252 e. The molecule has 0 aliphatic heterocycles. The monoisotopic (exact) mass is 423 g/mol. The Morgan fingerprint density at radius 1 is 1.43 bits per heavy atom. The molecule has 2 N–H and O–H groups in total. The number of pyridine rings is 1. The lowest BCUT2D eigenvalue weighted by Crippen LogP contribution is -2.25. The van der Waals surface area contributed by atoms with Crippen molar-refractivity contribution in [2.75, 3.05) is 0 Å². The van der Waals surface area contributed by atoms with E-state index in [2.05, 4.69) is 20.6 Å². The second-order valence-electron chi connectivity index (χ2n) is 7.68. The molecule has 1 amide bonds. The van der Waals surface area contributed by atoms with E-state index in [-0.39, 0.29) is 18.5 Å². The summed E-state index contributed by atoms with van der Waals surface area (Å²) in [6, 6.07) is 5.83. The number of hydrogen-bond acceptors (Lipinski definition) is 6. The van der Waals surface area contributed by atoms with Gasteiger partial charge in [-0.3, -0.25) is 14.5 Å². The van der Waals surface area contributed by atoms with Gasteiger partial charge in [0.2, 0.25) is 0 Å². The van der Waals surface area contributed by atoms with Crippen LogP contribution in [-0.4, -0.2) is 35.4 Å². The Kier molecular flexibility index (Phi) is 4.50. The van der Waals surface area contributed by atoms with Gasteiger partial charge in [0.05, 0.1) is 30.0 Å². The molecule has 4 aromatic heterocycles. The van der Waals surface area contributed by atoms with Crippen LogP contribution in [0.3, 0.4) is 0 Å². The van der Waals surface area contributed by atoms with Crippen LogP contribution in [0.4, 0.5) is 0 Å². The second kappa shape index (κ2) is 7.21. The molecule has 4 aromatic rings. The van der Waals surface area contributed by atoms with E-state index >= 15 is 0 Å². The van der Waals surface area contributed by atoms with E-state index in [1.54, 1.807) is 29.3 Å². The molecule has 0 radical (unpaired) electrons. The van der Waals surface area contributed by atoms with Crippen LogP contribution in [0.15, 0.2) is 35.1 Å². The van der Waals surface area contributed by atoms with Gasteiger partial charge in [-0.25, -0.2) is 9.67 Å². The molecule has 0 atom stereocenters. The predicted molar refractivity (Wildman–Crippen MR) is 112 cm³/mol. The van der Waals surface area contributed by atoms with Crippen LogP contribution >= 0.6 is 12.2 Å². The van der Waals surface area contributed by atoms with Gasteiger partial charge in [0.15, 0.2) is 22.0 Å². The van der Waals surface area contributed by atoms with Gasteiger partial charge in [-0.2, -0.15) is 10.2 Å². The summed E-state index contributed by atoms with van der Waals surface area (Å²) in [5.74, 6) is 1.09. The lowest BCUT2D eigenvalue weighted by molar-refractivity contribution is 0.0951. The fraction of sp³-hybridized carbons (Fsp3) is 0.350. The van der Waals surface area contributed by atoms with E-state index < -0.39 is 0 Å². The number of hydrogen-bond donors (Lipinski definition) is 2. The number of rotatable bonds is 6. The molecule has 5 rings (SSSR count). The molecule has 9 nitrogen and oxygen atoms in total. The number of fused-ring (bicyclic) bond motifs is 1. The Labute approximate surface area is 177 Å². The average molecular weight is 424 g/mol. The molecule has 4 heterocycles. The highest BCUT2D eigenvalue weighted by atomic mass is 32.1. The second-order valence-corrected chi connectivity index (χ2v) is 8.07. The largest absolute Gasteiger partial charge is 0.463 e. The molecule has 0 bridgehead atoms. The maximum Gasteiger partial charge on any atom is 0.252 e. The highest BCUT2D eigenvalue weighted by Gasteiger charge is 2.27. The number of aromatic amines is 1. The summed E-state index contributed by atoms with van der Waals surface area (Å²) >= 11 is 5.32. The third-order valence-corrected chi connectivity index (χ3v) is 5.46. The van der Waals surface area contributed by atoms with Gasteiger partial charge in [-0.15, -0.1) is 0 Å². The van der Waals surface area contributed by atoms with Gasteiger partial charge >= 0.3 is 0 Å². The maximum absolute atomic E-state index is 13.2. The zero-order valence-corrected chi connectivity index (χ0v) is 17.4. The molecular weight excluding hydrogens is 402 g/mol. The van der Waals surface area contributed by atoms with Crippen molar-refractivity contribution in [2.24, 2.45) is 0 Å². The van der Waals surface area contributed by atoms with Crippen molar-refractivity contribution in [3.63, 3.8) is 0 Å². The zero-order chi connectivity index (χ0) is 20.8. The standard InChI is InChI=1S/C20H21N7O2S/c1-11(2)27-18-14(9-22-27)13(8-15(23-18)16-4-3-7-29-16)19(28)21-10-17-24-25-20(30)26(17)12-5-6-12/h3-4,7-9,11-12H,5-6,10H2,1-2H3,(H,21,28)(H,25,30). The number of amides is 1. The van der Waals surface area contributed by atoms with E-state index in [4.69, 9.17) is 21.6 Å². The Bertz CT molecular complexity index is 1280. The van der Waals surface area contributed by atoms with Crippen LogP contribution in [0.5, 0.6) is 0 Å². The Morgan fingerprint density at radius 2 is 2.27 bits per heavy atom. The quantitative estimate of drug-likeness (QED) is 0.457. The van der Waals surface area contributed by atoms with E-state index in [0.29, 0.717) is 38.9 Å². The molecule has 1 aliphatic carbocycles.